The van der Waals surface area contributed by atoms with Crippen molar-refractivity contribution >= 4 is 11.9 Å². The first kappa shape index (κ1) is 13.4. The van der Waals surface area contributed by atoms with E-state index in [0.717, 1.165) is 18.8 Å². The molecule has 2 aliphatic rings. The zero-order chi connectivity index (χ0) is 13.1. The van der Waals surface area contributed by atoms with Gasteiger partial charge in [-0.05, 0) is 31.6 Å². The molecule has 1 heterocycles. The number of carboxylic acid groups (broad SMARTS) is 1. The van der Waals surface area contributed by atoms with Crippen molar-refractivity contribution in [1.82, 2.24) is 4.90 Å². The lowest BCUT2D eigenvalue weighted by molar-refractivity contribution is -0.141. The first-order valence-corrected chi connectivity index (χ1v) is 7.14. The molecular formula is C14H23NO3. The van der Waals surface area contributed by atoms with E-state index in [9.17, 15) is 9.59 Å². The number of aliphatic carboxylic acids is 1. The second kappa shape index (κ2) is 5.72. The number of carbonyl (C=O) groups is 2. The molecule has 18 heavy (non-hydrogen) atoms. The van der Waals surface area contributed by atoms with Gasteiger partial charge in [0.1, 0.15) is 0 Å². The minimum atomic E-state index is -0.828. The van der Waals surface area contributed by atoms with Gasteiger partial charge in [-0.15, -0.1) is 0 Å². The fourth-order valence-corrected chi connectivity index (χ4v) is 3.40. The van der Waals surface area contributed by atoms with Crippen LogP contribution in [0, 0.1) is 11.8 Å². The Morgan fingerprint density at radius 3 is 2.50 bits per heavy atom. The van der Waals surface area contributed by atoms with Crippen molar-refractivity contribution in [2.45, 2.75) is 57.9 Å². The first-order chi connectivity index (χ1) is 8.61. The lowest BCUT2D eigenvalue weighted by Gasteiger charge is -2.34. The van der Waals surface area contributed by atoms with Crippen LogP contribution in [0.3, 0.4) is 0 Å². The van der Waals surface area contributed by atoms with Crippen molar-refractivity contribution in [3.63, 3.8) is 0 Å². The molecule has 1 N–H and O–H groups in total. The van der Waals surface area contributed by atoms with E-state index in [2.05, 4.69) is 6.92 Å². The van der Waals surface area contributed by atoms with Gasteiger partial charge in [-0.3, -0.25) is 9.59 Å². The lowest BCUT2D eigenvalue weighted by atomic mass is 9.83. The van der Waals surface area contributed by atoms with Crippen LogP contribution in [0.4, 0.5) is 0 Å². The maximum Gasteiger partial charge on any atom is 0.308 e. The van der Waals surface area contributed by atoms with Crippen molar-refractivity contribution in [2.75, 3.05) is 6.54 Å². The highest BCUT2D eigenvalue weighted by molar-refractivity contribution is 5.86. The normalized spacial score (nSPS) is 32.8. The van der Waals surface area contributed by atoms with Crippen LogP contribution >= 0.6 is 0 Å². The highest BCUT2D eigenvalue weighted by atomic mass is 16.4. The van der Waals surface area contributed by atoms with E-state index in [1.807, 2.05) is 4.90 Å². The van der Waals surface area contributed by atoms with Crippen molar-refractivity contribution in [1.29, 1.82) is 0 Å². The molecule has 1 saturated carbocycles. The van der Waals surface area contributed by atoms with Crippen LogP contribution in [-0.2, 0) is 9.59 Å². The second-order valence-corrected chi connectivity index (χ2v) is 5.75. The average molecular weight is 253 g/mol. The predicted octanol–water partition coefficient (Wildman–Crippen LogP) is 2.28. The summed E-state index contributed by atoms with van der Waals surface area (Å²) in [5, 5.41) is 8.98. The van der Waals surface area contributed by atoms with Gasteiger partial charge in [0.2, 0.25) is 5.91 Å². The number of hydrogen-bond donors (Lipinski definition) is 1. The highest BCUT2D eigenvalue weighted by Gasteiger charge is 2.38. The SMILES string of the molecule is CCCC1CCC(N2CC(C(=O)O)CC2=O)CC1. The molecule has 1 unspecified atom stereocenters. The monoisotopic (exact) mass is 253 g/mol. The summed E-state index contributed by atoms with van der Waals surface area (Å²) in [6, 6.07) is 0.301. The van der Waals surface area contributed by atoms with Crippen molar-refractivity contribution < 1.29 is 14.7 Å². The van der Waals surface area contributed by atoms with E-state index in [1.165, 1.54) is 25.7 Å². The van der Waals surface area contributed by atoms with Gasteiger partial charge in [0.15, 0.2) is 0 Å². The molecule has 0 spiro atoms. The van der Waals surface area contributed by atoms with E-state index < -0.39 is 11.9 Å². The molecule has 1 amide bonds. The molecule has 0 bridgehead atoms. The number of carbonyl (C=O) groups excluding carboxylic acids is 1. The molecule has 1 aliphatic carbocycles. The average Bonchev–Trinajstić information content (AvgIpc) is 2.73. The first-order valence-electron chi connectivity index (χ1n) is 7.14. The Morgan fingerprint density at radius 2 is 2.00 bits per heavy atom. The largest absolute Gasteiger partial charge is 0.481 e. The van der Waals surface area contributed by atoms with Gasteiger partial charge in [0.25, 0.3) is 0 Å². The van der Waals surface area contributed by atoms with Gasteiger partial charge in [-0.1, -0.05) is 19.8 Å². The van der Waals surface area contributed by atoms with E-state index >= 15 is 0 Å². The minimum absolute atomic E-state index is 0.0429. The van der Waals surface area contributed by atoms with Crippen molar-refractivity contribution in [2.24, 2.45) is 11.8 Å². The summed E-state index contributed by atoms with van der Waals surface area (Å²) in [6.45, 7) is 2.64. The molecule has 0 aromatic carbocycles. The number of likely N-dealkylation sites (tertiary alicyclic amines) is 1. The molecule has 2 rings (SSSR count). The Balaban J connectivity index is 1.86. The number of amides is 1. The number of carboxylic acids is 1. The molecule has 2 fully saturated rings. The molecule has 1 saturated heterocycles. The van der Waals surface area contributed by atoms with Crippen LogP contribution in [0.5, 0.6) is 0 Å². The Hall–Kier alpha value is -1.06. The second-order valence-electron chi connectivity index (χ2n) is 5.75. The maximum atomic E-state index is 11.9. The van der Waals surface area contributed by atoms with Gasteiger partial charge < -0.3 is 10.0 Å². The van der Waals surface area contributed by atoms with E-state index in [1.54, 1.807) is 0 Å². The molecule has 0 aromatic rings. The van der Waals surface area contributed by atoms with E-state index in [-0.39, 0.29) is 12.3 Å². The lowest BCUT2D eigenvalue weighted by Crippen LogP contribution is -2.39. The number of rotatable bonds is 4. The summed E-state index contributed by atoms with van der Waals surface area (Å²) >= 11 is 0. The quantitative estimate of drug-likeness (QED) is 0.836. The summed E-state index contributed by atoms with van der Waals surface area (Å²) in [5.74, 6) is -0.447. The Morgan fingerprint density at radius 1 is 1.33 bits per heavy atom. The molecule has 1 atom stereocenters. The van der Waals surface area contributed by atoms with Gasteiger partial charge >= 0.3 is 5.97 Å². The number of nitrogens with zero attached hydrogens (tertiary/aromatic N) is 1. The fourth-order valence-electron chi connectivity index (χ4n) is 3.40. The van der Waals surface area contributed by atoms with Gasteiger partial charge in [0, 0.05) is 19.0 Å². The van der Waals surface area contributed by atoms with Gasteiger partial charge in [-0.2, -0.15) is 0 Å². The van der Waals surface area contributed by atoms with E-state index in [4.69, 9.17) is 5.11 Å². The summed E-state index contributed by atoms with van der Waals surface area (Å²) in [6.07, 6.45) is 7.23. The molecular weight excluding hydrogens is 230 g/mol. The standard InChI is InChI=1S/C14H23NO3/c1-2-3-10-4-6-12(7-5-10)15-9-11(14(17)18)8-13(15)16/h10-12H,2-9H2,1H3,(H,17,18). The highest BCUT2D eigenvalue weighted by Crippen LogP contribution is 2.33. The van der Waals surface area contributed by atoms with Crippen LogP contribution in [0.25, 0.3) is 0 Å². The van der Waals surface area contributed by atoms with Crippen LogP contribution in [0.2, 0.25) is 0 Å². The molecule has 4 heteroatoms. The third-order valence-electron chi connectivity index (χ3n) is 4.46. The topological polar surface area (TPSA) is 57.6 Å². The molecule has 0 aromatic heterocycles. The van der Waals surface area contributed by atoms with E-state index in [0.29, 0.717) is 12.6 Å². The van der Waals surface area contributed by atoms with Gasteiger partial charge in [-0.25, -0.2) is 0 Å². The predicted molar refractivity (Wildman–Crippen MR) is 68.1 cm³/mol. The van der Waals surface area contributed by atoms with Gasteiger partial charge in [0.05, 0.1) is 5.92 Å². The van der Waals surface area contributed by atoms with Crippen molar-refractivity contribution in [3.05, 3.63) is 0 Å². The summed E-state index contributed by atoms with van der Waals surface area (Å²) < 4.78 is 0. The smallest absolute Gasteiger partial charge is 0.308 e. The van der Waals surface area contributed by atoms with Crippen LogP contribution < -0.4 is 0 Å². The molecule has 0 radical (unpaired) electrons. The summed E-state index contributed by atoms with van der Waals surface area (Å²) in [4.78, 5) is 24.6. The van der Waals surface area contributed by atoms with Crippen LogP contribution in [0.1, 0.15) is 51.9 Å². The summed E-state index contributed by atoms with van der Waals surface area (Å²) in [5.41, 5.74) is 0. The molecule has 102 valence electrons. The Kier molecular flexibility index (Phi) is 4.25. The fraction of sp³-hybridized carbons (Fsp3) is 0.857. The Labute approximate surface area is 108 Å². The Bertz CT molecular complexity index is 321. The minimum Gasteiger partial charge on any atom is -0.481 e. The summed E-state index contributed by atoms with van der Waals surface area (Å²) in [7, 11) is 0. The molecule has 4 nitrogen and oxygen atoms in total. The maximum absolute atomic E-state index is 11.9. The van der Waals surface area contributed by atoms with Crippen molar-refractivity contribution in [3.8, 4) is 0 Å². The zero-order valence-electron chi connectivity index (χ0n) is 11.1. The third-order valence-corrected chi connectivity index (χ3v) is 4.46. The number of hydrogen-bond acceptors (Lipinski definition) is 2. The molecule has 1 aliphatic heterocycles. The third kappa shape index (κ3) is 2.85. The van der Waals surface area contributed by atoms with Crippen LogP contribution in [0.15, 0.2) is 0 Å². The van der Waals surface area contributed by atoms with Crippen LogP contribution in [-0.4, -0.2) is 34.5 Å². The zero-order valence-corrected chi connectivity index (χ0v) is 11.1.